The summed E-state index contributed by atoms with van der Waals surface area (Å²) < 4.78 is 28.2. The normalized spacial score (nSPS) is 11.2. The summed E-state index contributed by atoms with van der Waals surface area (Å²) in [6.45, 7) is 0.376. The van der Waals surface area contributed by atoms with E-state index in [0.29, 0.717) is 27.6 Å². The Bertz CT molecular complexity index is 799. The molecule has 6 heteroatoms. The van der Waals surface area contributed by atoms with Crippen LogP contribution in [0.1, 0.15) is 5.56 Å². The average Bonchev–Trinajstić information content (AvgIpc) is 2.77. The molecule has 0 aliphatic heterocycles. The van der Waals surface area contributed by atoms with Gasteiger partial charge in [0.1, 0.15) is 0 Å². The number of hydrogen-bond acceptors (Lipinski definition) is 1. The van der Waals surface area contributed by atoms with Crippen LogP contribution in [0, 0.1) is 11.6 Å². The number of halogens is 4. The monoisotopic (exact) mass is 312 g/mol. The summed E-state index contributed by atoms with van der Waals surface area (Å²) in [5.74, 6) is -1.82. The van der Waals surface area contributed by atoms with Gasteiger partial charge in [-0.1, -0.05) is 23.2 Å². The van der Waals surface area contributed by atoms with E-state index in [9.17, 15) is 8.78 Å². The van der Waals surface area contributed by atoms with Crippen molar-refractivity contribution in [1.82, 2.24) is 9.55 Å². The molecule has 1 heterocycles. The summed E-state index contributed by atoms with van der Waals surface area (Å²) in [4.78, 5) is 4.05. The predicted molar refractivity (Wildman–Crippen MR) is 75.2 cm³/mol. The molecule has 2 aromatic carbocycles. The van der Waals surface area contributed by atoms with Crippen LogP contribution in [-0.2, 0) is 6.54 Å². The molecule has 102 valence electrons. The van der Waals surface area contributed by atoms with Crippen molar-refractivity contribution in [2.45, 2.75) is 6.54 Å². The van der Waals surface area contributed by atoms with Gasteiger partial charge in [-0.3, -0.25) is 0 Å². The second kappa shape index (κ2) is 5.04. The van der Waals surface area contributed by atoms with Crippen LogP contribution in [0.3, 0.4) is 0 Å². The van der Waals surface area contributed by atoms with E-state index >= 15 is 0 Å². The minimum absolute atomic E-state index is 0.376. The van der Waals surface area contributed by atoms with Gasteiger partial charge in [0.25, 0.3) is 0 Å². The third kappa shape index (κ3) is 2.37. The van der Waals surface area contributed by atoms with Gasteiger partial charge in [0.05, 0.1) is 23.9 Å². The molecule has 0 spiro atoms. The van der Waals surface area contributed by atoms with E-state index in [1.165, 1.54) is 6.33 Å². The van der Waals surface area contributed by atoms with Crippen LogP contribution in [0.5, 0.6) is 0 Å². The van der Waals surface area contributed by atoms with Crippen molar-refractivity contribution in [3.05, 3.63) is 63.9 Å². The van der Waals surface area contributed by atoms with Crippen molar-refractivity contribution >= 4 is 34.2 Å². The number of benzene rings is 2. The first-order valence-corrected chi connectivity index (χ1v) is 6.54. The van der Waals surface area contributed by atoms with E-state index in [2.05, 4.69) is 4.98 Å². The van der Waals surface area contributed by atoms with Crippen LogP contribution in [-0.4, -0.2) is 9.55 Å². The Balaban J connectivity index is 2.07. The summed E-state index contributed by atoms with van der Waals surface area (Å²) in [7, 11) is 0. The second-order valence-corrected chi connectivity index (χ2v) is 5.21. The van der Waals surface area contributed by atoms with Crippen LogP contribution in [0.2, 0.25) is 10.0 Å². The largest absolute Gasteiger partial charge is 0.326 e. The fourth-order valence-corrected chi connectivity index (χ4v) is 2.40. The Kier molecular flexibility index (Phi) is 3.36. The molecule has 0 aliphatic carbocycles. The van der Waals surface area contributed by atoms with E-state index in [1.807, 2.05) is 0 Å². The smallest absolute Gasteiger partial charge is 0.161 e. The first-order chi connectivity index (χ1) is 9.54. The Morgan fingerprint density at radius 2 is 1.80 bits per heavy atom. The van der Waals surface area contributed by atoms with Gasteiger partial charge >= 0.3 is 0 Å². The molecule has 0 radical (unpaired) electrons. The van der Waals surface area contributed by atoms with Gasteiger partial charge in [-0.05, 0) is 23.8 Å². The van der Waals surface area contributed by atoms with Crippen LogP contribution >= 0.6 is 23.2 Å². The van der Waals surface area contributed by atoms with Crippen LogP contribution in [0.4, 0.5) is 8.78 Å². The fraction of sp³-hybridized carbons (Fsp3) is 0.0714. The number of aromatic nitrogens is 2. The van der Waals surface area contributed by atoms with Crippen molar-refractivity contribution < 1.29 is 8.78 Å². The maximum absolute atomic E-state index is 13.3. The van der Waals surface area contributed by atoms with Crippen molar-refractivity contribution in [1.29, 1.82) is 0 Å². The van der Waals surface area contributed by atoms with E-state index in [0.717, 1.165) is 17.7 Å². The fourth-order valence-electron chi connectivity index (χ4n) is 2.03. The molecular weight excluding hydrogens is 305 g/mol. The number of fused-ring (bicyclic) bond motifs is 1. The van der Waals surface area contributed by atoms with Gasteiger partial charge in [-0.25, -0.2) is 13.8 Å². The standard InChI is InChI=1S/C14H8Cl2F2N2/c15-9-1-2-10(16)8(3-9)6-20-7-19-13-4-11(17)12(18)5-14(13)20/h1-5,7H,6H2. The Hall–Kier alpha value is -1.65. The number of hydrogen-bond donors (Lipinski definition) is 0. The van der Waals surface area contributed by atoms with Gasteiger partial charge in [0.2, 0.25) is 0 Å². The van der Waals surface area contributed by atoms with Crippen LogP contribution < -0.4 is 0 Å². The van der Waals surface area contributed by atoms with E-state index < -0.39 is 11.6 Å². The molecule has 3 rings (SSSR count). The highest BCUT2D eigenvalue weighted by Crippen LogP contribution is 2.24. The van der Waals surface area contributed by atoms with Gasteiger partial charge in [-0.15, -0.1) is 0 Å². The second-order valence-electron chi connectivity index (χ2n) is 4.36. The van der Waals surface area contributed by atoms with Gasteiger partial charge in [0.15, 0.2) is 11.6 Å². The molecule has 3 aromatic rings. The molecule has 0 amide bonds. The lowest BCUT2D eigenvalue weighted by atomic mass is 10.2. The minimum Gasteiger partial charge on any atom is -0.326 e. The first kappa shape index (κ1) is 13.3. The highest BCUT2D eigenvalue weighted by atomic mass is 35.5. The SMILES string of the molecule is Fc1cc2ncn(Cc3cc(Cl)ccc3Cl)c2cc1F. The van der Waals surface area contributed by atoms with Crippen molar-refractivity contribution in [3.63, 3.8) is 0 Å². The lowest BCUT2D eigenvalue weighted by Gasteiger charge is -2.07. The molecule has 0 unspecified atom stereocenters. The molecule has 2 nitrogen and oxygen atoms in total. The lowest BCUT2D eigenvalue weighted by Crippen LogP contribution is -1.99. The zero-order valence-corrected chi connectivity index (χ0v) is 11.6. The zero-order valence-electron chi connectivity index (χ0n) is 10.1. The summed E-state index contributed by atoms with van der Waals surface area (Å²) in [5, 5.41) is 1.12. The summed E-state index contributed by atoms with van der Waals surface area (Å²) in [6, 6.07) is 7.31. The van der Waals surface area contributed by atoms with E-state index in [1.54, 1.807) is 22.8 Å². The average molecular weight is 313 g/mol. The van der Waals surface area contributed by atoms with Crippen LogP contribution in [0.25, 0.3) is 11.0 Å². The van der Waals surface area contributed by atoms with Gasteiger partial charge < -0.3 is 4.57 Å². The Morgan fingerprint density at radius 3 is 2.60 bits per heavy atom. The highest BCUT2D eigenvalue weighted by Gasteiger charge is 2.10. The molecular formula is C14H8Cl2F2N2. The molecule has 1 aromatic heterocycles. The minimum atomic E-state index is -0.913. The quantitative estimate of drug-likeness (QED) is 0.672. The molecule has 20 heavy (non-hydrogen) atoms. The Labute approximate surface area is 123 Å². The van der Waals surface area contributed by atoms with Crippen LogP contribution in [0.15, 0.2) is 36.7 Å². The number of rotatable bonds is 2. The summed E-state index contributed by atoms with van der Waals surface area (Å²) in [5.41, 5.74) is 1.67. The van der Waals surface area contributed by atoms with E-state index in [4.69, 9.17) is 23.2 Å². The summed E-state index contributed by atoms with van der Waals surface area (Å²) in [6.07, 6.45) is 1.51. The van der Waals surface area contributed by atoms with Crippen molar-refractivity contribution in [3.8, 4) is 0 Å². The molecule has 0 saturated heterocycles. The maximum Gasteiger partial charge on any atom is 0.161 e. The predicted octanol–water partition coefficient (Wildman–Crippen LogP) is 4.67. The van der Waals surface area contributed by atoms with Crippen molar-refractivity contribution in [2.75, 3.05) is 0 Å². The van der Waals surface area contributed by atoms with Crippen molar-refractivity contribution in [2.24, 2.45) is 0 Å². The first-order valence-electron chi connectivity index (χ1n) is 5.78. The highest BCUT2D eigenvalue weighted by molar-refractivity contribution is 6.33. The number of nitrogens with zero attached hydrogens (tertiary/aromatic N) is 2. The molecule has 0 saturated carbocycles. The number of imidazole rings is 1. The van der Waals surface area contributed by atoms with Gasteiger partial charge in [0, 0.05) is 22.2 Å². The lowest BCUT2D eigenvalue weighted by molar-refractivity contribution is 0.510. The molecule has 0 bridgehead atoms. The third-order valence-corrected chi connectivity index (χ3v) is 3.62. The zero-order chi connectivity index (χ0) is 14.3. The Morgan fingerprint density at radius 1 is 1.05 bits per heavy atom. The topological polar surface area (TPSA) is 17.8 Å². The molecule has 0 N–H and O–H groups in total. The third-order valence-electron chi connectivity index (χ3n) is 3.01. The molecule has 0 aliphatic rings. The van der Waals surface area contributed by atoms with E-state index in [-0.39, 0.29) is 0 Å². The van der Waals surface area contributed by atoms with Gasteiger partial charge in [-0.2, -0.15) is 0 Å². The summed E-state index contributed by atoms with van der Waals surface area (Å²) >= 11 is 12.0. The molecule has 0 atom stereocenters. The maximum atomic E-state index is 13.3. The molecule has 0 fully saturated rings.